The van der Waals surface area contributed by atoms with Gasteiger partial charge in [0, 0.05) is 11.8 Å². The molecule has 4 aliphatic rings. The molecule has 0 N–H and O–H groups in total. The summed E-state index contributed by atoms with van der Waals surface area (Å²) in [5, 5.41) is 0. The lowest BCUT2D eigenvalue weighted by Gasteiger charge is -2.46. The van der Waals surface area contributed by atoms with Crippen LogP contribution in [0.4, 0.5) is 5.69 Å². The molecule has 160 valence electrons. The lowest BCUT2D eigenvalue weighted by Crippen LogP contribution is -2.41. The van der Waals surface area contributed by atoms with Gasteiger partial charge in [-0.1, -0.05) is 61.5 Å². The largest absolute Gasteiger partial charge is 0.492 e. The van der Waals surface area contributed by atoms with Crippen molar-refractivity contribution in [3.8, 4) is 5.75 Å². The minimum absolute atomic E-state index is 0.0941. The van der Waals surface area contributed by atoms with Gasteiger partial charge in [0.2, 0.25) is 11.8 Å². The number of rotatable bonds is 4. The van der Waals surface area contributed by atoms with Crippen molar-refractivity contribution in [2.45, 2.75) is 32.1 Å². The van der Waals surface area contributed by atoms with Crippen molar-refractivity contribution in [1.29, 1.82) is 0 Å². The first kappa shape index (κ1) is 19.3. The third-order valence-corrected chi connectivity index (χ3v) is 7.42. The fraction of sp³-hybridized carbons (Fsp3) is 0.286. The van der Waals surface area contributed by atoms with Crippen molar-refractivity contribution in [2.24, 2.45) is 11.8 Å². The number of imide groups is 1. The number of hydrogen-bond donors (Lipinski definition) is 0. The molecule has 1 heterocycles. The molecule has 1 saturated heterocycles. The average Bonchev–Trinajstić information content (AvgIpc) is 3.10. The van der Waals surface area contributed by atoms with E-state index in [2.05, 4.69) is 37.3 Å². The number of carbonyl (C=O) groups is 2. The maximum absolute atomic E-state index is 13.9. The molecular formula is C28H25NO3. The molecule has 4 heteroatoms. The van der Waals surface area contributed by atoms with Crippen molar-refractivity contribution in [1.82, 2.24) is 0 Å². The Hall–Kier alpha value is -3.40. The number of para-hydroxylation sites is 2. The summed E-state index contributed by atoms with van der Waals surface area (Å²) in [6.07, 6.45) is 0.946. The third kappa shape index (κ3) is 2.44. The van der Waals surface area contributed by atoms with Crippen molar-refractivity contribution < 1.29 is 14.3 Å². The molecule has 0 aromatic heterocycles. The van der Waals surface area contributed by atoms with Gasteiger partial charge in [-0.05, 0) is 53.3 Å². The van der Waals surface area contributed by atoms with Crippen LogP contribution in [0.1, 0.15) is 53.5 Å². The van der Waals surface area contributed by atoms with Crippen molar-refractivity contribution in [2.75, 3.05) is 11.5 Å². The fourth-order valence-corrected chi connectivity index (χ4v) is 6.15. The van der Waals surface area contributed by atoms with Gasteiger partial charge >= 0.3 is 0 Å². The summed E-state index contributed by atoms with van der Waals surface area (Å²) in [6, 6.07) is 22.3. The second-order valence-corrected chi connectivity index (χ2v) is 8.87. The Morgan fingerprint density at radius 1 is 0.750 bits per heavy atom. The molecule has 4 unspecified atom stereocenters. The van der Waals surface area contributed by atoms with Crippen molar-refractivity contribution in [3.05, 3.63) is 94.5 Å². The highest BCUT2D eigenvalue weighted by Crippen LogP contribution is 2.61. The predicted octanol–water partition coefficient (Wildman–Crippen LogP) is 5.04. The number of amides is 2. The monoisotopic (exact) mass is 423 g/mol. The number of benzene rings is 3. The molecule has 3 aromatic carbocycles. The third-order valence-electron chi connectivity index (χ3n) is 7.42. The van der Waals surface area contributed by atoms with E-state index in [-0.39, 0.29) is 35.5 Å². The highest BCUT2D eigenvalue weighted by atomic mass is 16.5. The van der Waals surface area contributed by atoms with E-state index in [9.17, 15) is 9.59 Å². The number of nitrogens with zero attached hydrogens (tertiary/aromatic N) is 1. The Morgan fingerprint density at radius 3 is 2.00 bits per heavy atom. The predicted molar refractivity (Wildman–Crippen MR) is 123 cm³/mol. The molecule has 3 aromatic rings. The van der Waals surface area contributed by atoms with Crippen LogP contribution < -0.4 is 9.64 Å². The Morgan fingerprint density at radius 2 is 1.34 bits per heavy atom. The van der Waals surface area contributed by atoms with Gasteiger partial charge in [0.25, 0.3) is 0 Å². The number of ether oxygens (including phenoxy) is 1. The van der Waals surface area contributed by atoms with Gasteiger partial charge in [0.05, 0.1) is 24.1 Å². The number of anilines is 1. The van der Waals surface area contributed by atoms with Crippen LogP contribution in [0.2, 0.25) is 0 Å². The fourth-order valence-electron chi connectivity index (χ4n) is 6.15. The molecule has 4 atom stereocenters. The summed E-state index contributed by atoms with van der Waals surface area (Å²) in [4.78, 5) is 29.2. The normalized spacial score (nSPS) is 24.9. The molecule has 0 saturated carbocycles. The van der Waals surface area contributed by atoms with Crippen LogP contribution in [-0.4, -0.2) is 18.4 Å². The maximum Gasteiger partial charge on any atom is 0.238 e. The first-order valence-corrected chi connectivity index (χ1v) is 11.5. The minimum atomic E-state index is -0.378. The Labute approximate surface area is 187 Å². The molecule has 32 heavy (non-hydrogen) atoms. The van der Waals surface area contributed by atoms with Crippen LogP contribution in [0.3, 0.4) is 0 Å². The van der Waals surface area contributed by atoms with E-state index in [0.717, 1.165) is 6.42 Å². The van der Waals surface area contributed by atoms with Crippen molar-refractivity contribution >= 4 is 17.5 Å². The quantitative estimate of drug-likeness (QED) is 0.552. The average molecular weight is 424 g/mol. The number of carbonyl (C=O) groups excluding carboxylic acids is 2. The van der Waals surface area contributed by atoms with Gasteiger partial charge in [-0.25, -0.2) is 4.90 Å². The Bertz CT molecular complexity index is 1260. The lowest BCUT2D eigenvalue weighted by molar-refractivity contribution is -0.122. The van der Waals surface area contributed by atoms with Crippen LogP contribution in [0, 0.1) is 11.8 Å². The van der Waals surface area contributed by atoms with Crippen LogP contribution in [0.5, 0.6) is 5.75 Å². The molecule has 7 rings (SSSR count). The molecule has 1 fully saturated rings. The molecule has 0 radical (unpaired) electrons. The first-order valence-electron chi connectivity index (χ1n) is 11.5. The molecule has 2 amide bonds. The summed E-state index contributed by atoms with van der Waals surface area (Å²) >= 11 is 0. The zero-order chi connectivity index (χ0) is 22.0. The summed E-state index contributed by atoms with van der Waals surface area (Å²) in [6.45, 7) is 4.53. The summed E-state index contributed by atoms with van der Waals surface area (Å²) < 4.78 is 5.78. The smallest absolute Gasteiger partial charge is 0.238 e. The Balaban J connectivity index is 1.55. The zero-order valence-corrected chi connectivity index (χ0v) is 18.2. The van der Waals surface area contributed by atoms with Crippen LogP contribution >= 0.6 is 0 Å². The van der Waals surface area contributed by atoms with E-state index in [1.807, 2.05) is 43.3 Å². The van der Waals surface area contributed by atoms with Gasteiger partial charge in [-0.3, -0.25) is 9.59 Å². The van der Waals surface area contributed by atoms with Gasteiger partial charge in [-0.15, -0.1) is 0 Å². The SMILES string of the molecule is CCOc1ccccc1N1C(=O)C2C3c4ccccc4C(c4cc(CC)ccc43)C2C1=O. The number of aryl methyl sites for hydroxylation is 1. The lowest BCUT2D eigenvalue weighted by atomic mass is 9.55. The molecule has 3 aliphatic carbocycles. The summed E-state index contributed by atoms with van der Waals surface area (Å²) in [5.74, 6) is -0.586. The second-order valence-electron chi connectivity index (χ2n) is 8.87. The zero-order valence-electron chi connectivity index (χ0n) is 18.2. The molecule has 0 spiro atoms. The van der Waals surface area contributed by atoms with Crippen LogP contribution in [-0.2, 0) is 16.0 Å². The maximum atomic E-state index is 13.9. The molecular weight excluding hydrogens is 398 g/mol. The van der Waals surface area contributed by atoms with Crippen molar-refractivity contribution in [3.63, 3.8) is 0 Å². The van der Waals surface area contributed by atoms with Gasteiger partial charge in [0.15, 0.2) is 0 Å². The highest BCUT2D eigenvalue weighted by Gasteiger charge is 2.62. The topological polar surface area (TPSA) is 46.6 Å². The first-order chi connectivity index (χ1) is 15.7. The molecule has 1 aliphatic heterocycles. The van der Waals surface area contributed by atoms with E-state index in [0.29, 0.717) is 18.0 Å². The summed E-state index contributed by atoms with van der Waals surface area (Å²) in [5.41, 5.74) is 6.63. The van der Waals surface area contributed by atoms with E-state index < -0.39 is 0 Å². The van der Waals surface area contributed by atoms with Crippen LogP contribution in [0.15, 0.2) is 66.7 Å². The van der Waals surface area contributed by atoms with Gasteiger partial charge in [-0.2, -0.15) is 0 Å². The van der Waals surface area contributed by atoms with Gasteiger partial charge < -0.3 is 4.74 Å². The summed E-state index contributed by atoms with van der Waals surface area (Å²) in [7, 11) is 0. The molecule has 4 nitrogen and oxygen atoms in total. The number of hydrogen-bond acceptors (Lipinski definition) is 3. The minimum Gasteiger partial charge on any atom is -0.492 e. The van der Waals surface area contributed by atoms with E-state index >= 15 is 0 Å². The standard InChI is InChI=1S/C28H25NO3/c1-3-16-13-14-19-20(15-16)24-18-10-6-5-9-17(18)23(19)25-26(24)28(31)29(27(25)30)21-11-7-8-12-22(21)32-4-2/h5-15,23-26H,3-4H2,1-2H3. The second kappa shape index (κ2) is 7.06. The Kier molecular flexibility index (Phi) is 4.26. The van der Waals surface area contributed by atoms with Gasteiger partial charge in [0.1, 0.15) is 5.75 Å². The van der Waals surface area contributed by atoms with Crippen LogP contribution in [0.25, 0.3) is 0 Å². The van der Waals surface area contributed by atoms with E-state index in [4.69, 9.17) is 4.74 Å². The van der Waals surface area contributed by atoms with E-state index in [1.54, 1.807) is 0 Å². The molecule has 2 bridgehead atoms. The highest BCUT2D eigenvalue weighted by molar-refractivity contribution is 6.24. The van der Waals surface area contributed by atoms with E-state index in [1.165, 1.54) is 32.7 Å².